The lowest BCUT2D eigenvalue weighted by Crippen LogP contribution is -2.59. The molecule has 4 heteroatoms. The minimum atomic E-state index is -0.118. The van der Waals surface area contributed by atoms with Crippen molar-refractivity contribution in [2.75, 3.05) is 40.0 Å². The van der Waals surface area contributed by atoms with Crippen molar-refractivity contribution < 1.29 is 9.84 Å². The zero-order valence-corrected chi connectivity index (χ0v) is 13.8. The molecule has 20 heavy (non-hydrogen) atoms. The summed E-state index contributed by atoms with van der Waals surface area (Å²) in [5.41, 5.74) is -0.118. The van der Waals surface area contributed by atoms with Gasteiger partial charge in [0.15, 0.2) is 0 Å². The Morgan fingerprint density at radius 1 is 1.40 bits per heavy atom. The average molecular weight is 286 g/mol. The summed E-state index contributed by atoms with van der Waals surface area (Å²) < 4.78 is 5.25. The number of methoxy groups -OCH3 is 1. The fourth-order valence-corrected chi connectivity index (χ4v) is 2.86. The highest BCUT2D eigenvalue weighted by Crippen LogP contribution is 2.40. The van der Waals surface area contributed by atoms with Crippen molar-refractivity contribution in [2.45, 2.75) is 58.0 Å². The van der Waals surface area contributed by atoms with E-state index in [4.69, 9.17) is 4.74 Å². The van der Waals surface area contributed by atoms with Crippen molar-refractivity contribution in [2.24, 2.45) is 5.92 Å². The summed E-state index contributed by atoms with van der Waals surface area (Å²) in [7, 11) is 1.75. The maximum atomic E-state index is 10.0. The van der Waals surface area contributed by atoms with Gasteiger partial charge >= 0.3 is 0 Å². The quantitative estimate of drug-likeness (QED) is 0.575. The van der Waals surface area contributed by atoms with Crippen LogP contribution in [0.2, 0.25) is 0 Å². The van der Waals surface area contributed by atoms with Crippen LogP contribution in [0.3, 0.4) is 0 Å². The molecule has 0 aromatic rings. The van der Waals surface area contributed by atoms with Crippen LogP contribution < -0.4 is 5.32 Å². The SMILES string of the molecule is CCCNC(CO)(CN(CCOC)C(C)CC)C1CC1. The molecule has 1 fully saturated rings. The van der Waals surface area contributed by atoms with Gasteiger partial charge in [0.1, 0.15) is 0 Å². The molecule has 0 aromatic heterocycles. The van der Waals surface area contributed by atoms with Crippen molar-refractivity contribution >= 4 is 0 Å². The molecule has 1 aliphatic rings. The Balaban J connectivity index is 2.71. The smallest absolute Gasteiger partial charge is 0.0628 e. The number of nitrogens with one attached hydrogen (secondary N) is 1. The molecule has 120 valence electrons. The van der Waals surface area contributed by atoms with Crippen molar-refractivity contribution in [3.63, 3.8) is 0 Å². The van der Waals surface area contributed by atoms with Crippen LogP contribution in [-0.2, 0) is 4.74 Å². The number of rotatable bonds is 12. The van der Waals surface area contributed by atoms with Crippen LogP contribution in [0.5, 0.6) is 0 Å². The fourth-order valence-electron chi connectivity index (χ4n) is 2.86. The van der Waals surface area contributed by atoms with Gasteiger partial charge in [-0.1, -0.05) is 13.8 Å². The molecule has 2 atom stereocenters. The van der Waals surface area contributed by atoms with Crippen LogP contribution in [-0.4, -0.2) is 61.5 Å². The largest absolute Gasteiger partial charge is 0.394 e. The first-order chi connectivity index (χ1) is 9.63. The van der Waals surface area contributed by atoms with Gasteiger partial charge in [0, 0.05) is 26.2 Å². The van der Waals surface area contributed by atoms with Crippen molar-refractivity contribution in [1.29, 1.82) is 0 Å². The highest BCUT2D eigenvalue weighted by molar-refractivity contribution is 5.03. The molecule has 0 radical (unpaired) electrons. The van der Waals surface area contributed by atoms with Crippen molar-refractivity contribution in [3.8, 4) is 0 Å². The Labute approximate surface area is 124 Å². The van der Waals surface area contributed by atoms with Gasteiger partial charge in [-0.2, -0.15) is 0 Å². The lowest BCUT2D eigenvalue weighted by Gasteiger charge is -2.40. The molecule has 0 aliphatic heterocycles. The Bertz CT molecular complexity index is 259. The Hall–Kier alpha value is -0.160. The van der Waals surface area contributed by atoms with E-state index in [1.54, 1.807) is 7.11 Å². The van der Waals surface area contributed by atoms with Gasteiger partial charge < -0.3 is 15.2 Å². The van der Waals surface area contributed by atoms with Crippen LogP contribution in [0.4, 0.5) is 0 Å². The molecule has 4 nitrogen and oxygen atoms in total. The highest BCUT2D eigenvalue weighted by Gasteiger charge is 2.45. The zero-order valence-electron chi connectivity index (χ0n) is 13.8. The second-order valence-electron chi connectivity index (χ2n) is 6.24. The molecular weight excluding hydrogens is 252 g/mol. The Morgan fingerprint density at radius 3 is 2.55 bits per heavy atom. The minimum absolute atomic E-state index is 0.118. The number of hydrogen-bond acceptors (Lipinski definition) is 4. The van der Waals surface area contributed by atoms with Gasteiger partial charge in [-0.3, -0.25) is 4.90 Å². The first-order valence-electron chi connectivity index (χ1n) is 8.22. The molecule has 0 saturated heterocycles. The van der Waals surface area contributed by atoms with E-state index in [0.717, 1.165) is 39.1 Å². The number of nitrogens with zero attached hydrogens (tertiary/aromatic N) is 1. The number of ether oxygens (including phenoxy) is 1. The van der Waals surface area contributed by atoms with Gasteiger partial charge in [-0.05, 0) is 45.1 Å². The minimum Gasteiger partial charge on any atom is -0.394 e. The summed E-state index contributed by atoms with van der Waals surface area (Å²) in [5.74, 6) is 0.633. The topological polar surface area (TPSA) is 44.7 Å². The van der Waals surface area contributed by atoms with E-state index < -0.39 is 0 Å². The third kappa shape index (κ3) is 4.99. The molecule has 1 aliphatic carbocycles. The van der Waals surface area contributed by atoms with Crippen molar-refractivity contribution in [3.05, 3.63) is 0 Å². The summed E-state index contributed by atoms with van der Waals surface area (Å²) in [4.78, 5) is 2.47. The molecule has 0 amide bonds. The van der Waals surface area contributed by atoms with Crippen molar-refractivity contribution in [1.82, 2.24) is 10.2 Å². The van der Waals surface area contributed by atoms with Gasteiger partial charge in [-0.25, -0.2) is 0 Å². The van der Waals surface area contributed by atoms with E-state index in [9.17, 15) is 5.11 Å². The molecule has 1 saturated carbocycles. The normalized spacial score (nSPS) is 20.1. The summed E-state index contributed by atoms with van der Waals surface area (Å²) in [6.45, 7) is 10.5. The van der Waals surface area contributed by atoms with Crippen LogP contribution in [0, 0.1) is 5.92 Å². The molecule has 0 spiro atoms. The standard InChI is InChI=1S/C16H34N2O2/c1-5-9-17-16(13-19,15-7-8-15)12-18(10-11-20-4)14(3)6-2/h14-15,17,19H,5-13H2,1-4H3. The molecule has 0 bridgehead atoms. The number of aliphatic hydroxyl groups is 1. The molecule has 1 rings (SSSR count). The monoisotopic (exact) mass is 286 g/mol. The summed E-state index contributed by atoms with van der Waals surface area (Å²) in [6.07, 6.45) is 4.73. The lowest BCUT2D eigenvalue weighted by atomic mass is 9.92. The van der Waals surface area contributed by atoms with Gasteiger partial charge in [0.2, 0.25) is 0 Å². The number of hydrogen-bond donors (Lipinski definition) is 2. The van der Waals surface area contributed by atoms with Gasteiger partial charge in [-0.15, -0.1) is 0 Å². The maximum Gasteiger partial charge on any atom is 0.0628 e. The van der Waals surface area contributed by atoms with E-state index in [2.05, 4.69) is 31.0 Å². The Kier molecular flexibility index (Phi) is 8.03. The Morgan fingerprint density at radius 2 is 2.10 bits per heavy atom. The lowest BCUT2D eigenvalue weighted by molar-refractivity contribution is 0.0548. The molecule has 2 N–H and O–H groups in total. The predicted octanol–water partition coefficient (Wildman–Crippen LogP) is 1.87. The first kappa shape index (κ1) is 17.9. The van der Waals surface area contributed by atoms with E-state index in [1.807, 2.05) is 0 Å². The van der Waals surface area contributed by atoms with Crippen LogP contribution in [0.15, 0.2) is 0 Å². The maximum absolute atomic E-state index is 10.0. The van der Waals surface area contributed by atoms with E-state index in [1.165, 1.54) is 12.8 Å². The molecule has 2 unspecified atom stereocenters. The van der Waals surface area contributed by atoms with E-state index in [0.29, 0.717) is 12.0 Å². The molecule has 0 heterocycles. The second-order valence-corrected chi connectivity index (χ2v) is 6.24. The first-order valence-corrected chi connectivity index (χ1v) is 8.22. The summed E-state index contributed by atoms with van der Waals surface area (Å²) in [5, 5.41) is 13.7. The third-order valence-corrected chi connectivity index (χ3v) is 4.65. The highest BCUT2D eigenvalue weighted by atomic mass is 16.5. The van der Waals surface area contributed by atoms with E-state index in [-0.39, 0.29) is 12.1 Å². The predicted molar refractivity (Wildman–Crippen MR) is 84.0 cm³/mol. The van der Waals surface area contributed by atoms with Crippen LogP contribution in [0.1, 0.15) is 46.5 Å². The summed E-state index contributed by atoms with van der Waals surface area (Å²) in [6, 6.07) is 0.526. The molecular formula is C16H34N2O2. The average Bonchev–Trinajstić information content (AvgIpc) is 3.31. The molecule has 0 aromatic carbocycles. The van der Waals surface area contributed by atoms with E-state index >= 15 is 0 Å². The zero-order chi connectivity index (χ0) is 15.0. The second kappa shape index (κ2) is 8.98. The van der Waals surface area contributed by atoms with Crippen LogP contribution in [0.25, 0.3) is 0 Å². The van der Waals surface area contributed by atoms with Gasteiger partial charge in [0.25, 0.3) is 0 Å². The third-order valence-electron chi connectivity index (χ3n) is 4.65. The fraction of sp³-hybridized carbons (Fsp3) is 1.00. The summed E-state index contributed by atoms with van der Waals surface area (Å²) >= 11 is 0. The van der Waals surface area contributed by atoms with Crippen LogP contribution >= 0.6 is 0 Å². The number of aliphatic hydroxyl groups excluding tert-OH is 1. The van der Waals surface area contributed by atoms with Gasteiger partial charge in [0.05, 0.1) is 18.8 Å².